The van der Waals surface area contributed by atoms with Gasteiger partial charge in [-0.25, -0.2) is 0 Å². The molecule has 1 aliphatic rings. The molecule has 21 heavy (non-hydrogen) atoms. The highest BCUT2D eigenvalue weighted by Crippen LogP contribution is 2.43. The lowest BCUT2D eigenvalue weighted by molar-refractivity contribution is -0.131. The van der Waals surface area contributed by atoms with Crippen LogP contribution in [0.15, 0.2) is 18.2 Å². The highest BCUT2D eigenvalue weighted by atomic mass is 35.5. The Morgan fingerprint density at radius 3 is 2.90 bits per heavy atom. The molecule has 1 unspecified atom stereocenters. The highest BCUT2D eigenvalue weighted by molar-refractivity contribution is 7.99. The maximum Gasteiger partial charge on any atom is 0.223 e. The van der Waals surface area contributed by atoms with Gasteiger partial charge in [0.2, 0.25) is 5.91 Å². The van der Waals surface area contributed by atoms with E-state index < -0.39 is 0 Å². The first-order valence-electron chi connectivity index (χ1n) is 7.50. The number of thioether (sulfide) groups is 1. The molecular formula is C16H21Cl2NOS. The van der Waals surface area contributed by atoms with E-state index in [1.165, 1.54) is 12.8 Å². The normalized spacial score (nSPS) is 18.2. The van der Waals surface area contributed by atoms with Gasteiger partial charge in [-0.15, -0.1) is 11.8 Å². The molecule has 1 heterocycles. The lowest BCUT2D eigenvalue weighted by Crippen LogP contribution is -2.30. The van der Waals surface area contributed by atoms with Gasteiger partial charge in [0, 0.05) is 24.3 Å². The van der Waals surface area contributed by atoms with E-state index in [1.54, 1.807) is 17.8 Å². The molecule has 2 rings (SSSR count). The summed E-state index contributed by atoms with van der Waals surface area (Å²) >= 11 is 14.2. The van der Waals surface area contributed by atoms with E-state index in [0.717, 1.165) is 30.7 Å². The first-order valence-corrected chi connectivity index (χ1v) is 9.30. The predicted octanol–water partition coefficient (Wildman–Crippen LogP) is 5.54. The predicted molar refractivity (Wildman–Crippen MR) is 92.1 cm³/mol. The highest BCUT2D eigenvalue weighted by Gasteiger charge is 2.31. The van der Waals surface area contributed by atoms with Crippen LogP contribution in [0.2, 0.25) is 10.0 Å². The molecule has 1 fully saturated rings. The third-order valence-electron chi connectivity index (χ3n) is 3.70. The lowest BCUT2D eigenvalue weighted by Gasteiger charge is -2.25. The molecule has 5 heteroatoms. The average Bonchev–Trinajstić information content (AvgIpc) is 2.95. The van der Waals surface area contributed by atoms with Gasteiger partial charge in [0.05, 0.1) is 10.0 Å². The third kappa shape index (κ3) is 4.30. The Morgan fingerprint density at radius 1 is 1.33 bits per heavy atom. The van der Waals surface area contributed by atoms with Crippen LogP contribution in [0.5, 0.6) is 0 Å². The molecule has 0 aromatic heterocycles. The number of carbonyl (C=O) groups excluding carboxylic acids is 1. The van der Waals surface area contributed by atoms with E-state index in [0.29, 0.717) is 16.5 Å². The van der Waals surface area contributed by atoms with Crippen molar-refractivity contribution in [2.75, 3.05) is 12.3 Å². The average molecular weight is 346 g/mol. The van der Waals surface area contributed by atoms with Crippen LogP contribution >= 0.6 is 35.0 Å². The molecule has 1 saturated heterocycles. The Labute approximate surface area is 141 Å². The number of carbonyl (C=O) groups is 1. The summed E-state index contributed by atoms with van der Waals surface area (Å²) in [5.41, 5.74) is 0.952. The van der Waals surface area contributed by atoms with Gasteiger partial charge in [-0.05, 0) is 12.5 Å². The minimum atomic E-state index is 0.00914. The van der Waals surface area contributed by atoms with Crippen LogP contribution < -0.4 is 0 Å². The van der Waals surface area contributed by atoms with E-state index in [2.05, 4.69) is 6.92 Å². The molecule has 0 radical (unpaired) electrons. The number of rotatable bonds is 6. The number of amides is 1. The van der Waals surface area contributed by atoms with Crippen molar-refractivity contribution in [2.45, 2.75) is 44.4 Å². The molecule has 0 aliphatic carbocycles. The maximum absolute atomic E-state index is 12.4. The van der Waals surface area contributed by atoms with Crippen LogP contribution in [0.3, 0.4) is 0 Å². The second-order valence-electron chi connectivity index (χ2n) is 5.26. The monoisotopic (exact) mass is 345 g/mol. The zero-order valence-electron chi connectivity index (χ0n) is 12.3. The van der Waals surface area contributed by atoms with Crippen molar-refractivity contribution in [3.63, 3.8) is 0 Å². The fourth-order valence-corrected chi connectivity index (χ4v) is 4.32. The Hall–Kier alpha value is -0.380. The fourth-order valence-electron chi connectivity index (χ4n) is 2.54. The first-order chi connectivity index (χ1) is 10.1. The van der Waals surface area contributed by atoms with E-state index in [9.17, 15) is 4.79 Å². The second-order valence-corrected chi connectivity index (χ2v) is 7.24. The standard InChI is InChI=1S/C16H21Cl2NOS/c1-2-3-4-5-9-14(20)19-10-11-21-16(19)12-7-6-8-13(17)15(12)18/h6-8,16H,2-5,9-11H2,1H3. The van der Waals surface area contributed by atoms with Crippen LogP contribution in [0.1, 0.15) is 50.0 Å². The van der Waals surface area contributed by atoms with Crippen LogP contribution in [-0.2, 0) is 4.79 Å². The smallest absolute Gasteiger partial charge is 0.223 e. The molecule has 0 spiro atoms. The van der Waals surface area contributed by atoms with Gasteiger partial charge in [0.15, 0.2) is 0 Å². The van der Waals surface area contributed by atoms with Crippen molar-refractivity contribution >= 4 is 40.9 Å². The van der Waals surface area contributed by atoms with Gasteiger partial charge < -0.3 is 4.90 Å². The summed E-state index contributed by atoms with van der Waals surface area (Å²) in [6.45, 7) is 2.97. The second kappa shape index (κ2) is 8.30. The Balaban J connectivity index is 2.03. The van der Waals surface area contributed by atoms with E-state index >= 15 is 0 Å². The Morgan fingerprint density at radius 2 is 2.14 bits per heavy atom. The summed E-state index contributed by atoms with van der Waals surface area (Å²) in [4.78, 5) is 14.4. The SMILES string of the molecule is CCCCCCC(=O)N1CCSC1c1cccc(Cl)c1Cl. The molecule has 0 bridgehead atoms. The number of nitrogens with zero attached hydrogens (tertiary/aromatic N) is 1. The zero-order valence-corrected chi connectivity index (χ0v) is 14.6. The molecule has 0 N–H and O–H groups in total. The van der Waals surface area contributed by atoms with Crippen molar-refractivity contribution < 1.29 is 4.79 Å². The van der Waals surface area contributed by atoms with Crippen molar-refractivity contribution in [2.24, 2.45) is 0 Å². The van der Waals surface area contributed by atoms with Crippen molar-refractivity contribution in [1.82, 2.24) is 4.90 Å². The first kappa shape index (κ1) is 17.0. The summed E-state index contributed by atoms with van der Waals surface area (Å²) in [6, 6.07) is 5.64. The number of halogens is 2. The fraction of sp³-hybridized carbons (Fsp3) is 0.562. The van der Waals surface area contributed by atoms with Crippen molar-refractivity contribution in [3.05, 3.63) is 33.8 Å². The summed E-state index contributed by atoms with van der Waals surface area (Å²) < 4.78 is 0. The quantitative estimate of drug-likeness (QED) is 0.631. The summed E-state index contributed by atoms with van der Waals surface area (Å²) in [5, 5.41) is 1.13. The minimum absolute atomic E-state index is 0.00914. The van der Waals surface area contributed by atoms with Gasteiger partial charge in [0.1, 0.15) is 5.37 Å². The number of hydrogen-bond acceptors (Lipinski definition) is 2. The molecule has 1 aromatic carbocycles. The molecule has 2 nitrogen and oxygen atoms in total. The maximum atomic E-state index is 12.4. The van der Waals surface area contributed by atoms with E-state index in [4.69, 9.17) is 23.2 Å². The Kier molecular flexibility index (Phi) is 6.72. The minimum Gasteiger partial charge on any atom is -0.326 e. The van der Waals surface area contributed by atoms with Gasteiger partial charge in [-0.1, -0.05) is 61.5 Å². The van der Waals surface area contributed by atoms with Gasteiger partial charge >= 0.3 is 0 Å². The summed E-state index contributed by atoms with van der Waals surface area (Å²) in [5.74, 6) is 1.19. The zero-order chi connectivity index (χ0) is 15.2. The molecule has 0 saturated carbocycles. The van der Waals surface area contributed by atoms with Gasteiger partial charge in [0.25, 0.3) is 0 Å². The number of unbranched alkanes of at least 4 members (excludes halogenated alkanes) is 3. The van der Waals surface area contributed by atoms with Gasteiger partial charge in [-0.2, -0.15) is 0 Å². The topological polar surface area (TPSA) is 20.3 Å². The molecule has 1 amide bonds. The third-order valence-corrected chi connectivity index (χ3v) is 5.78. The lowest BCUT2D eigenvalue weighted by atomic mass is 10.1. The van der Waals surface area contributed by atoms with Crippen LogP contribution in [0.4, 0.5) is 0 Å². The summed E-state index contributed by atoms with van der Waals surface area (Å²) in [7, 11) is 0. The van der Waals surface area contributed by atoms with Crippen LogP contribution in [0, 0.1) is 0 Å². The summed E-state index contributed by atoms with van der Waals surface area (Å²) in [6.07, 6.45) is 5.13. The Bertz CT molecular complexity index is 495. The van der Waals surface area contributed by atoms with Crippen molar-refractivity contribution in [3.8, 4) is 0 Å². The largest absolute Gasteiger partial charge is 0.326 e. The molecule has 1 atom stereocenters. The van der Waals surface area contributed by atoms with Crippen LogP contribution in [0.25, 0.3) is 0 Å². The molecular weight excluding hydrogens is 325 g/mol. The number of benzene rings is 1. The van der Waals surface area contributed by atoms with E-state index in [-0.39, 0.29) is 11.3 Å². The number of hydrogen-bond donors (Lipinski definition) is 0. The van der Waals surface area contributed by atoms with Crippen LogP contribution in [-0.4, -0.2) is 23.1 Å². The van der Waals surface area contributed by atoms with Gasteiger partial charge in [-0.3, -0.25) is 4.79 Å². The molecule has 116 valence electrons. The van der Waals surface area contributed by atoms with E-state index in [1.807, 2.05) is 17.0 Å². The molecule has 1 aliphatic heterocycles. The molecule has 1 aromatic rings. The van der Waals surface area contributed by atoms with Crippen molar-refractivity contribution in [1.29, 1.82) is 0 Å².